The van der Waals surface area contributed by atoms with Crippen molar-refractivity contribution in [3.05, 3.63) is 12.3 Å². The van der Waals surface area contributed by atoms with Gasteiger partial charge in [-0.25, -0.2) is 0 Å². The van der Waals surface area contributed by atoms with E-state index < -0.39 is 15.9 Å². The summed E-state index contributed by atoms with van der Waals surface area (Å²) < 4.78 is 26.5. The minimum atomic E-state index is -3.72. The van der Waals surface area contributed by atoms with Crippen LogP contribution in [0.4, 0.5) is 0 Å². The molecule has 0 aliphatic carbocycles. The molecule has 0 aliphatic rings. The van der Waals surface area contributed by atoms with Crippen molar-refractivity contribution >= 4 is 46.0 Å². The van der Waals surface area contributed by atoms with Crippen LogP contribution in [0.2, 0.25) is 0 Å². The third kappa shape index (κ3) is 7.52. The maximum absolute atomic E-state index is 11.1. The van der Waals surface area contributed by atoms with E-state index >= 15 is 0 Å². The van der Waals surface area contributed by atoms with Crippen molar-refractivity contribution in [2.45, 2.75) is 6.92 Å². The molecule has 0 fully saturated rings. The van der Waals surface area contributed by atoms with Gasteiger partial charge in [-0.05, 0) is 12.5 Å². The molecular formula is C7H14NNaO4S. The Labute approximate surface area is 106 Å². The Morgan fingerprint density at radius 2 is 2.14 bits per heavy atom. The Kier molecular flexibility index (Phi) is 8.77. The molecule has 0 amide bonds. The van der Waals surface area contributed by atoms with Crippen molar-refractivity contribution in [1.82, 2.24) is 0 Å². The van der Waals surface area contributed by atoms with E-state index in [1.165, 1.54) is 0 Å². The summed E-state index contributed by atoms with van der Waals surface area (Å²) in [5.41, 5.74) is 5.23. The number of rotatable bonds is 6. The average Bonchev–Trinajstić information content (AvgIpc) is 2.02. The van der Waals surface area contributed by atoms with E-state index in [2.05, 4.69) is 10.8 Å². The number of hydrogen-bond acceptors (Lipinski definition) is 5. The van der Waals surface area contributed by atoms with Crippen molar-refractivity contribution in [3.63, 3.8) is 0 Å². The predicted octanol–water partition coefficient (Wildman–Crippen LogP) is -1.01. The van der Waals surface area contributed by atoms with Crippen LogP contribution < -0.4 is 5.73 Å². The van der Waals surface area contributed by atoms with Gasteiger partial charge in [-0.3, -0.25) is 4.79 Å². The Morgan fingerprint density at radius 1 is 1.64 bits per heavy atom. The van der Waals surface area contributed by atoms with E-state index in [1.54, 1.807) is 6.92 Å². The van der Waals surface area contributed by atoms with E-state index in [0.717, 1.165) is 0 Å². The fourth-order valence-electron chi connectivity index (χ4n) is 0.633. The van der Waals surface area contributed by atoms with Crippen LogP contribution in [0.3, 0.4) is 0 Å². The topological polar surface area (TPSA) is 86.5 Å². The molecule has 2 N–H and O–H groups in total. The van der Waals surface area contributed by atoms with Gasteiger partial charge in [0.15, 0.2) is 12.0 Å². The molecule has 0 aliphatic heterocycles. The van der Waals surface area contributed by atoms with Gasteiger partial charge in [0.25, 0.3) is 0 Å². The van der Waals surface area contributed by atoms with Gasteiger partial charge in [-0.15, -0.1) is 0 Å². The Balaban J connectivity index is 0. The van der Waals surface area contributed by atoms with Crippen molar-refractivity contribution in [3.8, 4) is 0 Å². The summed E-state index contributed by atoms with van der Waals surface area (Å²) >= 11 is 0. The molecular weight excluding hydrogens is 217 g/mol. The number of carbonyl (C=O) groups excluding carboxylic acids is 1. The summed E-state index contributed by atoms with van der Waals surface area (Å²) in [6, 6.07) is 0. The van der Waals surface area contributed by atoms with Crippen LogP contribution in [-0.2, 0) is 19.1 Å². The molecule has 0 aromatic heterocycles. The van der Waals surface area contributed by atoms with Gasteiger partial charge in [0, 0.05) is 0 Å². The normalized spacial score (nSPS) is 12.4. The quantitative estimate of drug-likeness (QED) is 0.208. The third-order valence-corrected chi connectivity index (χ3v) is 2.70. The van der Waals surface area contributed by atoms with Gasteiger partial charge >= 0.3 is 39.7 Å². The molecule has 5 nitrogen and oxygen atoms in total. The number of allylic oxidation sites excluding steroid dienone is 1. The summed E-state index contributed by atoms with van der Waals surface area (Å²) in [5, 5.41) is 0. The summed E-state index contributed by atoms with van der Waals surface area (Å²) in [7, 11) is -3.72. The molecule has 0 saturated carbocycles. The monoisotopic (exact) mass is 231 g/mol. The molecule has 0 bridgehead atoms. The van der Waals surface area contributed by atoms with Gasteiger partial charge in [0.1, 0.15) is 0 Å². The van der Waals surface area contributed by atoms with Gasteiger partial charge in [-0.1, -0.05) is 13.5 Å². The van der Waals surface area contributed by atoms with Gasteiger partial charge in [-0.2, -0.15) is 8.42 Å². The van der Waals surface area contributed by atoms with Crippen LogP contribution >= 0.6 is 0 Å². The second kappa shape index (κ2) is 7.42. The van der Waals surface area contributed by atoms with Crippen LogP contribution in [0.25, 0.3) is 0 Å². The molecule has 0 radical (unpaired) electrons. The molecule has 0 saturated heterocycles. The zero-order chi connectivity index (χ0) is 10.5. The van der Waals surface area contributed by atoms with Crippen LogP contribution in [0, 0.1) is 5.92 Å². The Hall–Kier alpha value is 0.120. The first-order chi connectivity index (χ1) is 5.91. The fraction of sp³-hybridized carbons (Fsp3) is 0.571. The first-order valence-corrected chi connectivity index (χ1v) is 5.25. The minimum absolute atomic E-state index is 0. The predicted molar refractivity (Wildman–Crippen MR) is 55.4 cm³/mol. The summed E-state index contributed by atoms with van der Waals surface area (Å²) in [6.45, 7) is 5.01. The SMILES string of the molecule is C=C(C=O)OS(=O)(=O)CC(C)CN.[NaH]. The van der Waals surface area contributed by atoms with Crippen LogP contribution in [0.1, 0.15) is 6.92 Å². The van der Waals surface area contributed by atoms with E-state index in [9.17, 15) is 13.2 Å². The first kappa shape index (κ1) is 16.5. The molecule has 0 rings (SSSR count). The Morgan fingerprint density at radius 3 is 2.50 bits per heavy atom. The first-order valence-electron chi connectivity index (χ1n) is 3.67. The summed E-state index contributed by atoms with van der Waals surface area (Å²) in [6.07, 6.45) is 0.241. The molecule has 1 unspecified atom stereocenters. The molecule has 78 valence electrons. The molecule has 7 heteroatoms. The zero-order valence-electron chi connectivity index (χ0n) is 7.39. The third-order valence-electron chi connectivity index (χ3n) is 1.26. The molecule has 1 atom stereocenters. The van der Waals surface area contributed by atoms with Crippen molar-refractivity contribution in [2.24, 2.45) is 11.7 Å². The number of aldehydes is 1. The average molecular weight is 231 g/mol. The number of hydrogen-bond donors (Lipinski definition) is 1. The van der Waals surface area contributed by atoms with Crippen LogP contribution in [-0.4, -0.2) is 56.6 Å². The zero-order valence-corrected chi connectivity index (χ0v) is 8.21. The molecule has 0 aromatic carbocycles. The Bertz CT molecular complexity index is 288. The summed E-state index contributed by atoms with van der Waals surface area (Å²) in [4.78, 5) is 10.0. The fourth-order valence-corrected chi connectivity index (χ4v) is 1.90. The van der Waals surface area contributed by atoms with Crippen molar-refractivity contribution < 1.29 is 17.4 Å². The second-order valence-corrected chi connectivity index (χ2v) is 4.35. The number of carbonyl (C=O) groups is 1. The molecule has 0 heterocycles. The van der Waals surface area contributed by atoms with Crippen LogP contribution in [0.15, 0.2) is 12.3 Å². The van der Waals surface area contributed by atoms with E-state index in [-0.39, 0.29) is 54.1 Å². The maximum atomic E-state index is 11.1. The van der Waals surface area contributed by atoms with E-state index in [4.69, 9.17) is 5.73 Å². The van der Waals surface area contributed by atoms with Crippen molar-refractivity contribution in [2.75, 3.05) is 12.3 Å². The van der Waals surface area contributed by atoms with E-state index in [0.29, 0.717) is 0 Å². The van der Waals surface area contributed by atoms with Crippen LogP contribution in [0.5, 0.6) is 0 Å². The number of nitrogens with two attached hydrogens (primary N) is 1. The second-order valence-electron chi connectivity index (χ2n) is 2.73. The molecule has 0 spiro atoms. The van der Waals surface area contributed by atoms with Gasteiger partial charge in [0.05, 0.1) is 5.75 Å². The molecule has 0 aromatic rings. The summed E-state index contributed by atoms with van der Waals surface area (Å²) in [5.74, 6) is -0.829. The van der Waals surface area contributed by atoms with Gasteiger partial charge in [0.2, 0.25) is 0 Å². The van der Waals surface area contributed by atoms with E-state index in [1.807, 2.05) is 0 Å². The van der Waals surface area contributed by atoms with Crippen molar-refractivity contribution in [1.29, 1.82) is 0 Å². The van der Waals surface area contributed by atoms with Gasteiger partial charge < -0.3 is 9.92 Å². The standard InChI is InChI=1S/C7H13NO4S.Na.H/c1-6(3-8)5-13(10,11)12-7(2)4-9;;/h4,6H,2-3,5,8H2,1H3;;. The molecule has 14 heavy (non-hydrogen) atoms.